The number of benzene rings is 1. The van der Waals surface area contributed by atoms with Crippen LogP contribution in [0.3, 0.4) is 0 Å². The molecule has 0 saturated carbocycles. The van der Waals surface area contributed by atoms with Gasteiger partial charge in [-0.05, 0) is 76.9 Å². The Labute approximate surface area is 138 Å². The van der Waals surface area contributed by atoms with E-state index in [1.165, 1.54) is 14.9 Å². The van der Waals surface area contributed by atoms with Crippen LogP contribution in [0.4, 0.5) is 0 Å². The van der Waals surface area contributed by atoms with Crippen molar-refractivity contribution >= 4 is 38.9 Å². The van der Waals surface area contributed by atoms with E-state index in [1.54, 1.807) is 0 Å². The third-order valence-corrected chi connectivity index (χ3v) is 5.45. The molecule has 0 radical (unpaired) electrons. The monoisotopic (exact) mass is 371 g/mol. The Morgan fingerprint density at radius 3 is 2.80 bits per heavy atom. The molecule has 1 aromatic heterocycles. The molecule has 108 valence electrons. The lowest BCUT2D eigenvalue weighted by Crippen LogP contribution is -2.25. The summed E-state index contributed by atoms with van der Waals surface area (Å²) in [6, 6.07) is 10.3. The van der Waals surface area contributed by atoms with Crippen molar-refractivity contribution in [2.75, 3.05) is 13.1 Å². The van der Waals surface area contributed by atoms with Crippen LogP contribution in [0, 0.1) is 5.92 Å². The minimum absolute atomic E-state index is 0.586. The first kappa shape index (κ1) is 16.0. The molecule has 2 rings (SSSR count). The molecule has 1 nitrogen and oxygen atoms in total. The minimum atomic E-state index is 0.586. The molecule has 0 aliphatic rings. The van der Waals surface area contributed by atoms with Gasteiger partial charge in [0.05, 0.1) is 0 Å². The van der Waals surface area contributed by atoms with Crippen molar-refractivity contribution in [3.05, 3.63) is 55.6 Å². The van der Waals surface area contributed by atoms with E-state index in [2.05, 4.69) is 51.7 Å². The third kappa shape index (κ3) is 4.88. The first-order valence-electron chi connectivity index (χ1n) is 6.86. The Morgan fingerprint density at radius 1 is 1.30 bits per heavy atom. The molecule has 0 aliphatic carbocycles. The van der Waals surface area contributed by atoms with Gasteiger partial charge in [0.15, 0.2) is 0 Å². The number of halogens is 2. The van der Waals surface area contributed by atoms with Crippen LogP contribution in [0.15, 0.2) is 40.2 Å². The van der Waals surface area contributed by atoms with E-state index in [1.807, 2.05) is 23.5 Å². The second-order valence-electron chi connectivity index (χ2n) is 4.90. The lowest BCUT2D eigenvalue weighted by atomic mass is 9.95. The summed E-state index contributed by atoms with van der Waals surface area (Å²) < 4.78 is 1.23. The van der Waals surface area contributed by atoms with Crippen molar-refractivity contribution in [1.29, 1.82) is 0 Å². The molecular formula is C16H19BrClNS. The molecule has 0 saturated heterocycles. The standard InChI is InChI=1S/C16H19BrClNS/c1-2-19-11-13(10-16-15(17)6-7-20-16)8-12-4-3-5-14(18)9-12/h3-7,9,13,19H,2,8,10-11H2,1H3. The van der Waals surface area contributed by atoms with Gasteiger partial charge in [-0.3, -0.25) is 0 Å². The quantitative estimate of drug-likeness (QED) is 0.706. The largest absolute Gasteiger partial charge is 0.317 e. The van der Waals surface area contributed by atoms with Gasteiger partial charge in [0.1, 0.15) is 0 Å². The molecule has 1 atom stereocenters. The summed E-state index contributed by atoms with van der Waals surface area (Å²) in [5, 5.41) is 6.43. The van der Waals surface area contributed by atoms with E-state index >= 15 is 0 Å². The zero-order valence-electron chi connectivity index (χ0n) is 11.5. The zero-order chi connectivity index (χ0) is 14.4. The van der Waals surface area contributed by atoms with Crippen molar-refractivity contribution in [3.63, 3.8) is 0 Å². The fourth-order valence-electron chi connectivity index (χ4n) is 2.30. The van der Waals surface area contributed by atoms with Gasteiger partial charge >= 0.3 is 0 Å². The third-order valence-electron chi connectivity index (χ3n) is 3.26. The summed E-state index contributed by atoms with van der Waals surface area (Å²) in [7, 11) is 0. The number of hydrogen-bond donors (Lipinski definition) is 1. The van der Waals surface area contributed by atoms with Crippen molar-refractivity contribution in [1.82, 2.24) is 5.32 Å². The summed E-state index contributed by atoms with van der Waals surface area (Å²) in [6.07, 6.45) is 2.15. The minimum Gasteiger partial charge on any atom is -0.317 e. The summed E-state index contributed by atoms with van der Waals surface area (Å²) in [4.78, 5) is 1.43. The number of hydrogen-bond acceptors (Lipinski definition) is 2. The summed E-state index contributed by atoms with van der Waals surface area (Å²) in [5.41, 5.74) is 1.31. The van der Waals surface area contributed by atoms with Crippen LogP contribution in [0.2, 0.25) is 5.02 Å². The van der Waals surface area contributed by atoms with Crippen LogP contribution < -0.4 is 5.32 Å². The highest BCUT2D eigenvalue weighted by atomic mass is 79.9. The van der Waals surface area contributed by atoms with Crippen LogP contribution in [0.1, 0.15) is 17.4 Å². The highest BCUT2D eigenvalue weighted by Crippen LogP contribution is 2.27. The highest BCUT2D eigenvalue weighted by Gasteiger charge is 2.13. The molecule has 0 amide bonds. The fourth-order valence-corrected chi connectivity index (χ4v) is 4.14. The maximum atomic E-state index is 6.08. The SMILES string of the molecule is CCNCC(Cc1cccc(Cl)c1)Cc1sccc1Br. The van der Waals surface area contributed by atoms with Crippen LogP contribution in [0.25, 0.3) is 0 Å². The van der Waals surface area contributed by atoms with Crippen molar-refractivity contribution in [2.24, 2.45) is 5.92 Å². The molecule has 0 spiro atoms. The first-order valence-corrected chi connectivity index (χ1v) is 8.91. The fraction of sp³-hybridized carbons (Fsp3) is 0.375. The van der Waals surface area contributed by atoms with E-state index in [4.69, 9.17) is 11.6 Å². The molecular weight excluding hydrogens is 354 g/mol. The van der Waals surface area contributed by atoms with Gasteiger partial charge in [-0.15, -0.1) is 11.3 Å². The summed E-state index contributed by atoms with van der Waals surface area (Å²) in [6.45, 7) is 4.20. The van der Waals surface area contributed by atoms with Gasteiger partial charge in [-0.1, -0.05) is 30.7 Å². The predicted molar refractivity (Wildman–Crippen MR) is 92.9 cm³/mol. The van der Waals surface area contributed by atoms with Crippen LogP contribution >= 0.6 is 38.9 Å². The molecule has 1 heterocycles. The number of nitrogens with one attached hydrogen (secondary N) is 1. The van der Waals surface area contributed by atoms with E-state index in [-0.39, 0.29) is 0 Å². The molecule has 0 bridgehead atoms. The van der Waals surface area contributed by atoms with Gasteiger partial charge in [0.2, 0.25) is 0 Å². The van der Waals surface area contributed by atoms with Crippen molar-refractivity contribution in [2.45, 2.75) is 19.8 Å². The normalized spacial score (nSPS) is 12.6. The second kappa shape index (κ2) is 8.18. The highest BCUT2D eigenvalue weighted by molar-refractivity contribution is 9.10. The number of thiophene rings is 1. The zero-order valence-corrected chi connectivity index (χ0v) is 14.7. The first-order chi connectivity index (χ1) is 9.69. The Morgan fingerprint density at radius 2 is 2.15 bits per heavy atom. The lowest BCUT2D eigenvalue weighted by Gasteiger charge is -2.17. The predicted octanol–water partition coefficient (Wildman–Crippen LogP) is 5.17. The second-order valence-corrected chi connectivity index (χ2v) is 7.20. The smallest absolute Gasteiger partial charge is 0.0408 e. The Kier molecular flexibility index (Phi) is 6.56. The van der Waals surface area contributed by atoms with E-state index in [0.717, 1.165) is 31.0 Å². The van der Waals surface area contributed by atoms with Crippen LogP contribution in [-0.4, -0.2) is 13.1 Å². The van der Waals surface area contributed by atoms with E-state index < -0.39 is 0 Å². The maximum absolute atomic E-state index is 6.08. The van der Waals surface area contributed by atoms with Gasteiger partial charge in [0.25, 0.3) is 0 Å². The van der Waals surface area contributed by atoms with Gasteiger partial charge in [-0.25, -0.2) is 0 Å². The Balaban J connectivity index is 2.05. The molecule has 0 aliphatic heterocycles. The molecule has 1 N–H and O–H groups in total. The topological polar surface area (TPSA) is 12.0 Å². The summed E-state index contributed by atoms with van der Waals surface area (Å²) in [5.74, 6) is 0.586. The van der Waals surface area contributed by atoms with Crippen molar-refractivity contribution < 1.29 is 0 Å². The van der Waals surface area contributed by atoms with Crippen LogP contribution in [0.5, 0.6) is 0 Å². The average Bonchev–Trinajstić information content (AvgIpc) is 2.82. The Bertz CT molecular complexity index is 541. The lowest BCUT2D eigenvalue weighted by molar-refractivity contribution is 0.480. The summed E-state index contributed by atoms with van der Waals surface area (Å²) >= 11 is 11.5. The molecule has 1 aromatic carbocycles. The maximum Gasteiger partial charge on any atom is 0.0408 e. The van der Waals surface area contributed by atoms with Crippen molar-refractivity contribution in [3.8, 4) is 0 Å². The molecule has 4 heteroatoms. The van der Waals surface area contributed by atoms with Gasteiger partial charge in [-0.2, -0.15) is 0 Å². The average molecular weight is 373 g/mol. The Hall–Kier alpha value is -0.350. The van der Waals surface area contributed by atoms with E-state index in [9.17, 15) is 0 Å². The molecule has 2 aromatic rings. The molecule has 0 fully saturated rings. The molecule has 20 heavy (non-hydrogen) atoms. The van der Waals surface area contributed by atoms with Gasteiger partial charge in [0, 0.05) is 14.4 Å². The van der Waals surface area contributed by atoms with Gasteiger partial charge < -0.3 is 5.32 Å². The number of rotatable bonds is 7. The molecule has 1 unspecified atom stereocenters. The van der Waals surface area contributed by atoms with Crippen LogP contribution in [-0.2, 0) is 12.8 Å². The van der Waals surface area contributed by atoms with E-state index in [0.29, 0.717) is 5.92 Å².